The van der Waals surface area contributed by atoms with Crippen molar-refractivity contribution in [3.63, 3.8) is 0 Å². The highest BCUT2D eigenvalue weighted by Gasteiger charge is 2.12. The molecule has 26 heavy (non-hydrogen) atoms. The lowest BCUT2D eigenvalue weighted by Gasteiger charge is -2.18. The third kappa shape index (κ3) is 4.03. The van der Waals surface area contributed by atoms with Crippen molar-refractivity contribution in [2.75, 3.05) is 21.3 Å². The summed E-state index contributed by atoms with van der Waals surface area (Å²) in [6, 6.07) is 19.8. The van der Waals surface area contributed by atoms with Crippen molar-refractivity contribution >= 4 is 16.7 Å². The molecule has 0 saturated heterocycles. The van der Waals surface area contributed by atoms with E-state index in [9.17, 15) is 4.79 Å². The van der Waals surface area contributed by atoms with Crippen LogP contribution in [0.15, 0.2) is 60.7 Å². The summed E-state index contributed by atoms with van der Waals surface area (Å²) in [4.78, 5) is 14.4. The zero-order chi connectivity index (χ0) is 18.5. The fourth-order valence-corrected chi connectivity index (χ4v) is 2.97. The molecule has 4 heteroatoms. The predicted molar refractivity (Wildman–Crippen MR) is 103 cm³/mol. The van der Waals surface area contributed by atoms with Gasteiger partial charge in [-0.15, -0.1) is 0 Å². The molecule has 1 amide bonds. The van der Waals surface area contributed by atoms with Crippen molar-refractivity contribution < 1.29 is 14.3 Å². The molecule has 0 atom stereocenters. The van der Waals surface area contributed by atoms with Crippen molar-refractivity contribution in [1.82, 2.24) is 4.90 Å². The van der Waals surface area contributed by atoms with Crippen LogP contribution < -0.4 is 4.74 Å². The van der Waals surface area contributed by atoms with Gasteiger partial charge in [0.05, 0.1) is 13.7 Å². The number of carbonyl (C=O) groups is 1. The number of rotatable bonds is 6. The fourth-order valence-electron chi connectivity index (χ4n) is 2.97. The fraction of sp³-hybridized carbons (Fsp3) is 0.227. The van der Waals surface area contributed by atoms with Gasteiger partial charge in [0, 0.05) is 26.3 Å². The average Bonchev–Trinajstić information content (AvgIpc) is 2.67. The van der Waals surface area contributed by atoms with E-state index >= 15 is 0 Å². The number of nitrogens with zero attached hydrogens (tertiary/aromatic N) is 1. The summed E-state index contributed by atoms with van der Waals surface area (Å²) in [5.74, 6) is 0.846. The minimum atomic E-state index is 0.00351. The van der Waals surface area contributed by atoms with E-state index in [1.807, 2.05) is 55.6 Å². The minimum absolute atomic E-state index is 0.00351. The Balaban J connectivity index is 1.73. The van der Waals surface area contributed by atoms with E-state index in [1.165, 1.54) is 0 Å². The Morgan fingerprint density at radius 2 is 1.54 bits per heavy atom. The first kappa shape index (κ1) is 18.0. The first-order chi connectivity index (χ1) is 12.6. The van der Waals surface area contributed by atoms with Gasteiger partial charge in [0.1, 0.15) is 5.75 Å². The molecule has 0 radical (unpaired) electrons. The third-order valence-electron chi connectivity index (χ3n) is 4.39. The van der Waals surface area contributed by atoms with Crippen LogP contribution in [-0.4, -0.2) is 32.1 Å². The highest BCUT2D eigenvalue weighted by atomic mass is 16.5. The zero-order valence-corrected chi connectivity index (χ0v) is 15.4. The second-order valence-corrected chi connectivity index (χ2v) is 6.34. The molecule has 0 aliphatic rings. The van der Waals surface area contributed by atoms with Crippen molar-refractivity contribution in [2.45, 2.75) is 13.2 Å². The van der Waals surface area contributed by atoms with Gasteiger partial charge in [0.25, 0.3) is 5.91 Å². The molecule has 0 aliphatic heterocycles. The topological polar surface area (TPSA) is 38.8 Å². The molecule has 3 rings (SSSR count). The van der Waals surface area contributed by atoms with Crippen LogP contribution in [-0.2, 0) is 17.9 Å². The number of hydrogen-bond donors (Lipinski definition) is 0. The highest BCUT2D eigenvalue weighted by molar-refractivity contribution is 5.94. The average molecular weight is 349 g/mol. The van der Waals surface area contributed by atoms with Crippen LogP contribution in [0.25, 0.3) is 10.8 Å². The van der Waals surface area contributed by atoms with Gasteiger partial charge in [-0.2, -0.15) is 0 Å². The van der Waals surface area contributed by atoms with E-state index in [-0.39, 0.29) is 5.91 Å². The number of methoxy groups -OCH3 is 2. The smallest absolute Gasteiger partial charge is 0.253 e. The van der Waals surface area contributed by atoms with Gasteiger partial charge in [0.15, 0.2) is 0 Å². The van der Waals surface area contributed by atoms with E-state index in [0.717, 1.165) is 27.6 Å². The molecule has 0 aliphatic carbocycles. The Kier molecular flexibility index (Phi) is 5.54. The molecule has 0 spiro atoms. The van der Waals surface area contributed by atoms with E-state index in [2.05, 4.69) is 12.1 Å². The summed E-state index contributed by atoms with van der Waals surface area (Å²) in [6.07, 6.45) is 0. The first-order valence-electron chi connectivity index (χ1n) is 8.51. The Bertz CT molecular complexity index is 903. The molecule has 0 bridgehead atoms. The molecule has 0 unspecified atom stereocenters. The number of ether oxygens (including phenoxy) is 2. The summed E-state index contributed by atoms with van der Waals surface area (Å²) in [7, 11) is 5.15. The molecule has 0 saturated carbocycles. The maximum absolute atomic E-state index is 12.6. The summed E-state index contributed by atoms with van der Waals surface area (Å²) >= 11 is 0. The van der Waals surface area contributed by atoms with E-state index in [4.69, 9.17) is 9.47 Å². The van der Waals surface area contributed by atoms with Gasteiger partial charge in [0.2, 0.25) is 0 Å². The largest absolute Gasteiger partial charge is 0.497 e. The SMILES string of the molecule is COCc1ccc(C(=O)N(C)Cc2ccc3cc(OC)ccc3c2)cc1. The van der Waals surface area contributed by atoms with Crippen molar-refractivity contribution in [3.05, 3.63) is 77.4 Å². The van der Waals surface area contributed by atoms with Crippen LogP contribution in [0.1, 0.15) is 21.5 Å². The lowest BCUT2D eigenvalue weighted by atomic mass is 10.1. The van der Waals surface area contributed by atoms with Crippen LogP contribution in [0.4, 0.5) is 0 Å². The quantitative estimate of drug-likeness (QED) is 0.667. The second kappa shape index (κ2) is 8.02. The Morgan fingerprint density at radius 1 is 0.885 bits per heavy atom. The molecule has 3 aromatic rings. The van der Waals surface area contributed by atoms with E-state index < -0.39 is 0 Å². The molecular formula is C22H23NO3. The standard InChI is InChI=1S/C22H23NO3/c1-23(22(24)18-7-4-16(5-8-18)15-25-2)14-17-6-9-20-13-21(26-3)11-10-19(20)12-17/h4-13H,14-15H2,1-3H3. The number of fused-ring (bicyclic) bond motifs is 1. The van der Waals surface area contributed by atoms with Gasteiger partial charge < -0.3 is 14.4 Å². The van der Waals surface area contributed by atoms with Crippen LogP contribution in [0, 0.1) is 0 Å². The third-order valence-corrected chi connectivity index (χ3v) is 4.39. The van der Waals surface area contributed by atoms with Crippen LogP contribution in [0.5, 0.6) is 5.75 Å². The number of benzene rings is 3. The molecule has 0 heterocycles. The van der Waals surface area contributed by atoms with Crippen LogP contribution in [0.2, 0.25) is 0 Å². The van der Waals surface area contributed by atoms with Gasteiger partial charge in [-0.3, -0.25) is 4.79 Å². The monoisotopic (exact) mass is 349 g/mol. The van der Waals surface area contributed by atoms with Gasteiger partial charge in [-0.25, -0.2) is 0 Å². The molecule has 3 aromatic carbocycles. The summed E-state index contributed by atoms with van der Waals surface area (Å²) < 4.78 is 10.4. The maximum atomic E-state index is 12.6. The lowest BCUT2D eigenvalue weighted by molar-refractivity contribution is 0.0785. The summed E-state index contributed by atoms with van der Waals surface area (Å²) in [6.45, 7) is 1.10. The second-order valence-electron chi connectivity index (χ2n) is 6.34. The van der Waals surface area contributed by atoms with Gasteiger partial charge in [-0.05, 0) is 52.2 Å². The van der Waals surface area contributed by atoms with Crippen molar-refractivity contribution in [2.24, 2.45) is 0 Å². The van der Waals surface area contributed by atoms with Gasteiger partial charge >= 0.3 is 0 Å². The molecular weight excluding hydrogens is 326 g/mol. The number of hydrogen-bond acceptors (Lipinski definition) is 3. The number of amides is 1. The summed E-state index contributed by atoms with van der Waals surface area (Å²) in [5, 5.41) is 2.25. The maximum Gasteiger partial charge on any atom is 0.253 e. The normalized spacial score (nSPS) is 10.7. The molecule has 0 fully saturated rings. The molecule has 4 nitrogen and oxygen atoms in total. The Morgan fingerprint density at radius 3 is 2.23 bits per heavy atom. The van der Waals surface area contributed by atoms with Crippen LogP contribution >= 0.6 is 0 Å². The number of carbonyl (C=O) groups excluding carboxylic acids is 1. The van der Waals surface area contributed by atoms with Crippen LogP contribution in [0.3, 0.4) is 0 Å². The first-order valence-corrected chi connectivity index (χ1v) is 8.51. The van der Waals surface area contributed by atoms with Crippen molar-refractivity contribution in [1.29, 1.82) is 0 Å². The molecule has 134 valence electrons. The summed E-state index contributed by atoms with van der Waals surface area (Å²) in [5.41, 5.74) is 2.82. The minimum Gasteiger partial charge on any atom is -0.497 e. The van der Waals surface area contributed by atoms with E-state index in [0.29, 0.717) is 18.7 Å². The Labute approximate surface area is 154 Å². The lowest BCUT2D eigenvalue weighted by Crippen LogP contribution is -2.26. The molecule has 0 N–H and O–H groups in total. The Hall–Kier alpha value is -2.85. The van der Waals surface area contributed by atoms with Gasteiger partial charge in [-0.1, -0.05) is 30.3 Å². The zero-order valence-electron chi connectivity index (χ0n) is 15.4. The molecule has 0 aromatic heterocycles. The highest BCUT2D eigenvalue weighted by Crippen LogP contribution is 2.22. The van der Waals surface area contributed by atoms with E-state index in [1.54, 1.807) is 19.1 Å². The van der Waals surface area contributed by atoms with Crippen molar-refractivity contribution in [3.8, 4) is 5.75 Å². The predicted octanol–water partition coefficient (Wildman–Crippen LogP) is 4.27.